The number of carbonyl (C=O) groups excluding carboxylic acids is 2. The molecule has 5 rings (SSSR count). The average Bonchev–Trinajstić information content (AvgIpc) is 3.34. The summed E-state index contributed by atoms with van der Waals surface area (Å²) in [7, 11) is 0. The number of hydrogen-bond donors (Lipinski definition) is 0. The molecule has 2 aromatic carbocycles. The minimum atomic E-state index is 0.0488. The Bertz CT molecular complexity index is 1180. The summed E-state index contributed by atoms with van der Waals surface area (Å²) >= 11 is 1.82. The van der Waals surface area contributed by atoms with Gasteiger partial charge in [-0.3, -0.25) is 14.5 Å². The first kappa shape index (κ1) is 22.8. The fourth-order valence-corrected chi connectivity index (χ4v) is 6.01. The molecule has 0 radical (unpaired) electrons. The van der Waals surface area contributed by atoms with Gasteiger partial charge in [0.25, 0.3) is 5.91 Å². The molecule has 176 valence electrons. The van der Waals surface area contributed by atoms with Gasteiger partial charge in [0.05, 0.1) is 12.6 Å². The summed E-state index contributed by atoms with van der Waals surface area (Å²) in [6.45, 7) is 7.78. The number of benzene rings is 2. The Morgan fingerprint density at radius 3 is 2.29 bits per heavy atom. The highest BCUT2D eigenvalue weighted by Crippen LogP contribution is 2.38. The number of amides is 2. The van der Waals surface area contributed by atoms with Crippen molar-refractivity contribution in [1.82, 2.24) is 14.7 Å². The molecule has 5 nitrogen and oxygen atoms in total. The lowest BCUT2D eigenvalue weighted by Crippen LogP contribution is -2.53. The van der Waals surface area contributed by atoms with Gasteiger partial charge < -0.3 is 9.80 Å². The van der Waals surface area contributed by atoms with Gasteiger partial charge in [0, 0.05) is 43.2 Å². The van der Waals surface area contributed by atoms with Gasteiger partial charge in [-0.1, -0.05) is 42.0 Å². The number of aryl methyl sites for hydroxylation is 2. The maximum Gasteiger partial charge on any atom is 0.253 e. The van der Waals surface area contributed by atoms with Crippen molar-refractivity contribution in [1.29, 1.82) is 0 Å². The Morgan fingerprint density at radius 2 is 1.56 bits per heavy atom. The Balaban J connectivity index is 1.26. The van der Waals surface area contributed by atoms with Crippen molar-refractivity contribution in [2.24, 2.45) is 0 Å². The zero-order valence-corrected chi connectivity index (χ0v) is 20.7. The summed E-state index contributed by atoms with van der Waals surface area (Å²) < 4.78 is 0. The van der Waals surface area contributed by atoms with Crippen molar-refractivity contribution in [2.45, 2.75) is 26.3 Å². The van der Waals surface area contributed by atoms with Crippen LogP contribution in [0.3, 0.4) is 0 Å². The standard InChI is InChI=1S/C28H31N3O2S/c1-20-7-9-22(10-8-20)28(33)30-16-14-29(15-17-30)26(32)19-31-13-11-25-24(12-18-34-25)27(31)23-6-4-3-5-21(23)2/h3-10,12,18,27H,11,13-17,19H2,1-2H3/t27-/m1/s1. The Morgan fingerprint density at radius 1 is 0.853 bits per heavy atom. The Labute approximate surface area is 205 Å². The molecule has 0 saturated carbocycles. The molecule has 2 aliphatic heterocycles. The molecule has 6 heteroatoms. The highest BCUT2D eigenvalue weighted by molar-refractivity contribution is 7.10. The van der Waals surface area contributed by atoms with Crippen LogP contribution in [0, 0.1) is 13.8 Å². The van der Waals surface area contributed by atoms with Crippen LogP contribution in [0.15, 0.2) is 60.0 Å². The van der Waals surface area contributed by atoms with E-state index in [0.717, 1.165) is 18.5 Å². The number of rotatable bonds is 4. The Hall–Kier alpha value is -2.96. The second kappa shape index (κ2) is 9.72. The minimum absolute atomic E-state index is 0.0488. The molecule has 3 aromatic rings. The van der Waals surface area contributed by atoms with Crippen LogP contribution in [-0.2, 0) is 11.2 Å². The first-order valence-corrected chi connectivity index (χ1v) is 12.9. The minimum Gasteiger partial charge on any atom is -0.338 e. The topological polar surface area (TPSA) is 43.9 Å². The Kier molecular flexibility index (Phi) is 6.53. The lowest BCUT2D eigenvalue weighted by molar-refractivity contribution is -0.134. The summed E-state index contributed by atoms with van der Waals surface area (Å²) in [5.41, 5.74) is 5.73. The van der Waals surface area contributed by atoms with E-state index in [-0.39, 0.29) is 17.9 Å². The van der Waals surface area contributed by atoms with Gasteiger partial charge in [-0.25, -0.2) is 0 Å². The predicted octanol–water partition coefficient (Wildman–Crippen LogP) is 4.30. The molecule has 1 fully saturated rings. The van der Waals surface area contributed by atoms with Gasteiger partial charge in [0.15, 0.2) is 0 Å². The predicted molar refractivity (Wildman–Crippen MR) is 136 cm³/mol. The molecular weight excluding hydrogens is 442 g/mol. The monoisotopic (exact) mass is 473 g/mol. The van der Waals surface area contributed by atoms with Crippen LogP contribution < -0.4 is 0 Å². The van der Waals surface area contributed by atoms with Crippen molar-refractivity contribution in [2.75, 3.05) is 39.3 Å². The lowest BCUT2D eigenvalue weighted by atomic mass is 9.90. The lowest BCUT2D eigenvalue weighted by Gasteiger charge is -2.39. The molecule has 1 saturated heterocycles. The number of nitrogens with zero attached hydrogens (tertiary/aromatic N) is 3. The van der Waals surface area contributed by atoms with E-state index in [4.69, 9.17) is 0 Å². The zero-order valence-electron chi connectivity index (χ0n) is 19.9. The molecule has 0 bridgehead atoms. The van der Waals surface area contributed by atoms with Crippen LogP contribution in [0.1, 0.15) is 43.5 Å². The molecule has 0 N–H and O–H groups in total. The molecular formula is C28H31N3O2S. The summed E-state index contributed by atoms with van der Waals surface area (Å²) in [4.78, 5) is 33.7. The van der Waals surface area contributed by atoms with E-state index < -0.39 is 0 Å². The molecule has 0 aliphatic carbocycles. The quantitative estimate of drug-likeness (QED) is 0.568. The third-order valence-electron chi connectivity index (χ3n) is 7.11. The van der Waals surface area contributed by atoms with Crippen molar-refractivity contribution in [3.05, 3.63) is 92.7 Å². The second-order valence-electron chi connectivity index (χ2n) is 9.32. The van der Waals surface area contributed by atoms with Gasteiger partial charge in [0.1, 0.15) is 0 Å². The normalized spacial score (nSPS) is 18.6. The number of hydrogen-bond acceptors (Lipinski definition) is 4. The number of fused-ring (bicyclic) bond motifs is 1. The van der Waals surface area contributed by atoms with Gasteiger partial charge in [-0.2, -0.15) is 0 Å². The van der Waals surface area contributed by atoms with Crippen LogP contribution in [0.4, 0.5) is 0 Å². The van der Waals surface area contributed by atoms with E-state index in [1.165, 1.54) is 21.6 Å². The summed E-state index contributed by atoms with van der Waals surface area (Å²) in [5, 5.41) is 2.17. The third kappa shape index (κ3) is 4.52. The molecule has 3 heterocycles. The van der Waals surface area contributed by atoms with Crippen molar-refractivity contribution < 1.29 is 9.59 Å². The van der Waals surface area contributed by atoms with Gasteiger partial charge in [-0.05, 0) is 60.5 Å². The highest BCUT2D eigenvalue weighted by Gasteiger charge is 2.33. The molecule has 0 spiro atoms. The first-order valence-electron chi connectivity index (χ1n) is 12.0. The van der Waals surface area contributed by atoms with Gasteiger partial charge in [0.2, 0.25) is 5.91 Å². The van der Waals surface area contributed by atoms with Crippen LogP contribution >= 0.6 is 11.3 Å². The van der Waals surface area contributed by atoms with E-state index in [1.54, 1.807) is 0 Å². The van der Waals surface area contributed by atoms with Gasteiger partial charge >= 0.3 is 0 Å². The maximum absolute atomic E-state index is 13.3. The van der Waals surface area contributed by atoms with E-state index in [2.05, 4.69) is 47.5 Å². The van der Waals surface area contributed by atoms with Crippen molar-refractivity contribution in [3.8, 4) is 0 Å². The molecule has 0 unspecified atom stereocenters. The van der Waals surface area contributed by atoms with Crippen LogP contribution in [-0.4, -0.2) is 65.8 Å². The van der Waals surface area contributed by atoms with Crippen LogP contribution in [0.25, 0.3) is 0 Å². The molecule has 2 amide bonds. The molecule has 1 atom stereocenters. The molecule has 34 heavy (non-hydrogen) atoms. The second-order valence-corrected chi connectivity index (χ2v) is 10.3. The summed E-state index contributed by atoms with van der Waals surface area (Å²) in [5.74, 6) is 0.201. The van der Waals surface area contributed by atoms with Crippen molar-refractivity contribution >= 4 is 23.2 Å². The zero-order chi connectivity index (χ0) is 23.7. The number of piperazine rings is 1. The SMILES string of the molecule is Cc1ccc(C(=O)N2CCN(C(=O)CN3CCc4sccc4[C@H]3c3ccccc3C)CC2)cc1. The molecule has 2 aliphatic rings. The fraction of sp³-hybridized carbons (Fsp3) is 0.357. The van der Waals surface area contributed by atoms with Crippen LogP contribution in [0.2, 0.25) is 0 Å². The van der Waals surface area contributed by atoms with E-state index in [9.17, 15) is 9.59 Å². The number of thiophene rings is 1. The van der Waals surface area contributed by atoms with E-state index in [1.807, 2.05) is 52.3 Å². The smallest absolute Gasteiger partial charge is 0.253 e. The highest BCUT2D eigenvalue weighted by atomic mass is 32.1. The first-order chi connectivity index (χ1) is 16.5. The number of carbonyl (C=O) groups is 2. The maximum atomic E-state index is 13.3. The summed E-state index contributed by atoms with van der Waals surface area (Å²) in [6.07, 6.45) is 0.988. The van der Waals surface area contributed by atoms with Crippen molar-refractivity contribution in [3.63, 3.8) is 0 Å². The van der Waals surface area contributed by atoms with E-state index in [0.29, 0.717) is 38.3 Å². The largest absolute Gasteiger partial charge is 0.338 e. The molecule has 1 aromatic heterocycles. The van der Waals surface area contributed by atoms with Crippen LogP contribution in [0.5, 0.6) is 0 Å². The third-order valence-corrected chi connectivity index (χ3v) is 8.10. The summed E-state index contributed by atoms with van der Waals surface area (Å²) in [6, 6.07) is 18.6. The fourth-order valence-electron chi connectivity index (χ4n) is 5.11. The van der Waals surface area contributed by atoms with E-state index >= 15 is 0 Å². The van der Waals surface area contributed by atoms with Gasteiger partial charge in [-0.15, -0.1) is 11.3 Å². The average molecular weight is 474 g/mol.